The molecule has 0 unspecified atom stereocenters. The maximum Gasteiger partial charge on any atom is 0.216 e. The zero-order chi connectivity index (χ0) is 22.2. The van der Waals surface area contributed by atoms with E-state index >= 15 is 0 Å². The molecule has 168 valence electrons. The molecule has 9 heteroatoms. The zero-order valence-corrected chi connectivity index (χ0v) is 18.0. The lowest BCUT2D eigenvalue weighted by molar-refractivity contribution is 0.122. The van der Waals surface area contributed by atoms with Crippen LogP contribution in [-0.2, 0) is 11.2 Å². The van der Waals surface area contributed by atoms with E-state index in [-0.39, 0.29) is 5.82 Å². The minimum atomic E-state index is -0.281. The quantitative estimate of drug-likeness (QED) is 0.510. The number of nitrogens with zero attached hydrogens (tertiary/aromatic N) is 5. The molecule has 6 rings (SSSR count). The van der Waals surface area contributed by atoms with Crippen molar-refractivity contribution in [2.45, 2.75) is 12.8 Å². The van der Waals surface area contributed by atoms with Crippen molar-refractivity contribution in [3.05, 3.63) is 60.4 Å². The minimum Gasteiger partial charge on any atom is -0.477 e. The molecule has 0 bridgehead atoms. The molecule has 0 atom stereocenters. The summed E-state index contributed by atoms with van der Waals surface area (Å²) in [6.07, 6.45) is 9.18. The predicted molar refractivity (Wildman–Crippen MR) is 123 cm³/mol. The molecule has 3 aromatic heterocycles. The van der Waals surface area contributed by atoms with Crippen LogP contribution in [0.2, 0.25) is 0 Å². The van der Waals surface area contributed by atoms with Crippen molar-refractivity contribution >= 4 is 22.8 Å². The van der Waals surface area contributed by atoms with E-state index < -0.39 is 0 Å². The van der Waals surface area contributed by atoms with Crippen LogP contribution in [-0.4, -0.2) is 52.3 Å². The first-order valence-electron chi connectivity index (χ1n) is 11.1. The van der Waals surface area contributed by atoms with E-state index in [0.29, 0.717) is 61.6 Å². The number of halogens is 1. The molecule has 1 fully saturated rings. The van der Waals surface area contributed by atoms with Crippen LogP contribution in [0.3, 0.4) is 0 Å². The van der Waals surface area contributed by atoms with E-state index in [9.17, 15) is 4.39 Å². The van der Waals surface area contributed by atoms with Crippen molar-refractivity contribution in [2.24, 2.45) is 0 Å². The monoisotopic (exact) mass is 446 g/mol. The molecule has 0 spiro atoms. The second kappa shape index (κ2) is 8.32. The second-order valence-corrected chi connectivity index (χ2v) is 8.16. The first-order chi connectivity index (χ1) is 16.2. The molecule has 8 nitrogen and oxygen atoms in total. The van der Waals surface area contributed by atoms with Gasteiger partial charge in [0.2, 0.25) is 5.88 Å². The second-order valence-electron chi connectivity index (χ2n) is 8.16. The van der Waals surface area contributed by atoms with E-state index in [1.165, 1.54) is 6.07 Å². The van der Waals surface area contributed by atoms with E-state index in [0.717, 1.165) is 29.7 Å². The fourth-order valence-corrected chi connectivity index (χ4v) is 4.32. The molecule has 0 amide bonds. The summed E-state index contributed by atoms with van der Waals surface area (Å²) in [5, 5.41) is 3.25. The summed E-state index contributed by atoms with van der Waals surface area (Å²) in [5.74, 6) is 0.962. The van der Waals surface area contributed by atoms with E-state index in [4.69, 9.17) is 14.5 Å². The Hall–Kier alpha value is -3.72. The summed E-state index contributed by atoms with van der Waals surface area (Å²) in [4.78, 5) is 15.7. The van der Waals surface area contributed by atoms with Crippen LogP contribution in [0.15, 0.2) is 49.1 Å². The lowest BCUT2D eigenvalue weighted by atomic mass is 10.1. The average molecular weight is 446 g/mol. The van der Waals surface area contributed by atoms with Crippen LogP contribution in [0.1, 0.15) is 12.0 Å². The van der Waals surface area contributed by atoms with Crippen LogP contribution in [0.5, 0.6) is 5.88 Å². The molecule has 1 N–H and O–H groups in total. The molecule has 2 aliphatic rings. The van der Waals surface area contributed by atoms with E-state index in [1.807, 2.05) is 27.8 Å². The zero-order valence-electron chi connectivity index (χ0n) is 18.0. The number of aromatic nitrogens is 4. The lowest BCUT2D eigenvalue weighted by Crippen LogP contribution is -2.36. The van der Waals surface area contributed by atoms with Crippen LogP contribution in [0, 0.1) is 5.82 Å². The van der Waals surface area contributed by atoms with Gasteiger partial charge in [0, 0.05) is 54.7 Å². The van der Waals surface area contributed by atoms with Gasteiger partial charge in [-0.05, 0) is 37.1 Å². The summed E-state index contributed by atoms with van der Waals surface area (Å²) < 4.78 is 27.8. The Morgan fingerprint density at radius 2 is 1.97 bits per heavy atom. The highest BCUT2D eigenvalue weighted by Crippen LogP contribution is 2.30. The molecule has 33 heavy (non-hydrogen) atoms. The Kier molecular flexibility index (Phi) is 5.03. The molecule has 0 aliphatic carbocycles. The summed E-state index contributed by atoms with van der Waals surface area (Å²) in [5.41, 5.74) is 4.57. The Bertz CT molecular complexity index is 1320. The minimum absolute atomic E-state index is 0.281. The Labute approximate surface area is 190 Å². The van der Waals surface area contributed by atoms with Crippen molar-refractivity contribution in [3.8, 4) is 17.1 Å². The average Bonchev–Trinajstić information content (AvgIpc) is 3.34. The number of benzene rings is 1. The lowest BCUT2D eigenvalue weighted by Gasteiger charge is -2.29. The van der Waals surface area contributed by atoms with Gasteiger partial charge in [0.05, 0.1) is 31.2 Å². The third-order valence-electron chi connectivity index (χ3n) is 5.99. The molecule has 1 aromatic carbocycles. The van der Waals surface area contributed by atoms with Crippen LogP contribution >= 0.6 is 0 Å². The van der Waals surface area contributed by atoms with E-state index in [1.54, 1.807) is 18.5 Å². The Morgan fingerprint density at radius 3 is 2.85 bits per heavy atom. The van der Waals surface area contributed by atoms with Crippen molar-refractivity contribution in [2.75, 3.05) is 43.1 Å². The molecule has 1 saturated heterocycles. The fraction of sp³-hybridized carbons (Fsp3) is 0.292. The molecular formula is C24H23FN6O2. The maximum absolute atomic E-state index is 14.9. The highest BCUT2D eigenvalue weighted by Gasteiger charge is 2.17. The number of nitrogens with one attached hydrogen (secondary N) is 1. The van der Waals surface area contributed by atoms with Gasteiger partial charge in [0.15, 0.2) is 11.5 Å². The first-order valence-corrected chi connectivity index (χ1v) is 11.1. The van der Waals surface area contributed by atoms with Gasteiger partial charge >= 0.3 is 0 Å². The number of hydrogen-bond donors (Lipinski definition) is 1. The number of ether oxygens (including phenoxy) is 2. The van der Waals surface area contributed by atoms with Crippen molar-refractivity contribution in [1.82, 2.24) is 19.4 Å². The Morgan fingerprint density at radius 1 is 1.06 bits per heavy atom. The number of morpholine rings is 1. The normalized spacial score (nSPS) is 15.8. The summed E-state index contributed by atoms with van der Waals surface area (Å²) >= 11 is 0. The number of rotatable bonds is 4. The maximum atomic E-state index is 14.9. The van der Waals surface area contributed by atoms with Gasteiger partial charge in [-0.1, -0.05) is 0 Å². The molecule has 2 aliphatic heterocycles. The molecule has 0 radical (unpaired) electrons. The number of anilines is 3. The summed E-state index contributed by atoms with van der Waals surface area (Å²) in [6, 6.07) is 7.23. The number of hydrogen-bond acceptors (Lipinski definition) is 7. The summed E-state index contributed by atoms with van der Waals surface area (Å²) in [7, 11) is 0. The number of aryl methyl sites for hydroxylation is 1. The third kappa shape index (κ3) is 3.84. The van der Waals surface area contributed by atoms with Gasteiger partial charge in [-0.3, -0.25) is 0 Å². The fourth-order valence-electron chi connectivity index (χ4n) is 4.32. The molecule has 5 heterocycles. The first kappa shape index (κ1) is 19.9. The van der Waals surface area contributed by atoms with Gasteiger partial charge in [-0.25, -0.2) is 19.3 Å². The van der Waals surface area contributed by atoms with E-state index in [2.05, 4.69) is 21.4 Å². The van der Waals surface area contributed by atoms with Crippen molar-refractivity contribution in [1.29, 1.82) is 0 Å². The third-order valence-corrected chi connectivity index (χ3v) is 5.99. The Balaban J connectivity index is 1.33. The van der Waals surface area contributed by atoms with Gasteiger partial charge in [-0.2, -0.15) is 0 Å². The van der Waals surface area contributed by atoms with Gasteiger partial charge < -0.3 is 24.1 Å². The number of fused-ring (bicyclic) bond motifs is 2. The number of pyridine rings is 1. The smallest absolute Gasteiger partial charge is 0.216 e. The van der Waals surface area contributed by atoms with Crippen molar-refractivity contribution < 1.29 is 13.9 Å². The number of imidazole rings is 1. The molecule has 4 aromatic rings. The SMILES string of the molecule is Fc1cc(Nc2nc(-c3cnc4c(c3)CCCO4)cn3ccnc23)ccc1N1CCOCC1. The van der Waals surface area contributed by atoms with Crippen LogP contribution < -0.4 is 15.0 Å². The standard InChI is InChI=1S/C24H23FN6O2/c25-19-13-18(3-4-21(19)30-7-10-32-11-8-30)28-22-23-26-5-6-31(23)15-20(29-22)17-12-16-2-1-9-33-24(16)27-14-17/h3-6,12-15H,1-2,7-11H2,(H,28,29). The van der Waals surface area contributed by atoms with Crippen molar-refractivity contribution in [3.63, 3.8) is 0 Å². The van der Waals surface area contributed by atoms with Gasteiger partial charge in [0.25, 0.3) is 0 Å². The predicted octanol–water partition coefficient (Wildman–Crippen LogP) is 3.84. The van der Waals surface area contributed by atoms with Gasteiger partial charge in [0.1, 0.15) is 5.82 Å². The molecule has 0 saturated carbocycles. The largest absolute Gasteiger partial charge is 0.477 e. The summed E-state index contributed by atoms with van der Waals surface area (Å²) in [6.45, 7) is 3.28. The van der Waals surface area contributed by atoms with Gasteiger partial charge in [-0.15, -0.1) is 0 Å². The van der Waals surface area contributed by atoms with Crippen LogP contribution in [0.25, 0.3) is 16.9 Å². The van der Waals surface area contributed by atoms with Crippen LogP contribution in [0.4, 0.5) is 21.6 Å². The molecular weight excluding hydrogens is 423 g/mol. The topological polar surface area (TPSA) is 76.8 Å². The highest BCUT2D eigenvalue weighted by molar-refractivity contribution is 5.74. The highest BCUT2D eigenvalue weighted by atomic mass is 19.1.